The zero-order valence-electron chi connectivity index (χ0n) is 25.8. The molecule has 46 heavy (non-hydrogen) atoms. The average molecular weight is 649 g/mol. The van der Waals surface area contributed by atoms with E-state index in [1.54, 1.807) is 11.5 Å². The minimum absolute atomic E-state index is 0.194. The summed E-state index contributed by atoms with van der Waals surface area (Å²) >= 11 is 7.45. The summed E-state index contributed by atoms with van der Waals surface area (Å²) in [7, 11) is 0. The SMILES string of the molecule is CCOC(=O)C1=C(c2ccccc2)N=c2s/c(=C\c3ccccc3OCc3cccc(Cl)c3)c(=O)n2[C@H]1c1ccc(C(C)C)cc1. The maximum Gasteiger partial charge on any atom is 0.338 e. The Kier molecular flexibility index (Phi) is 9.33. The molecule has 0 unspecified atom stereocenters. The molecule has 0 saturated heterocycles. The van der Waals surface area contributed by atoms with E-state index in [9.17, 15) is 9.59 Å². The van der Waals surface area contributed by atoms with Crippen LogP contribution in [0.25, 0.3) is 11.8 Å². The van der Waals surface area contributed by atoms with Gasteiger partial charge in [-0.3, -0.25) is 9.36 Å². The van der Waals surface area contributed by atoms with Crippen LogP contribution >= 0.6 is 22.9 Å². The predicted molar refractivity (Wildman–Crippen MR) is 184 cm³/mol. The highest BCUT2D eigenvalue weighted by Crippen LogP contribution is 2.35. The third-order valence-electron chi connectivity index (χ3n) is 7.78. The Morgan fingerprint density at radius 3 is 2.43 bits per heavy atom. The van der Waals surface area contributed by atoms with E-state index >= 15 is 0 Å². The lowest BCUT2D eigenvalue weighted by molar-refractivity contribution is -0.138. The zero-order valence-corrected chi connectivity index (χ0v) is 27.3. The average Bonchev–Trinajstić information content (AvgIpc) is 3.38. The molecule has 232 valence electrons. The number of hydrogen-bond donors (Lipinski definition) is 0. The molecule has 2 heterocycles. The predicted octanol–water partition coefficient (Wildman–Crippen LogP) is 7.29. The number of ether oxygens (including phenoxy) is 2. The van der Waals surface area contributed by atoms with E-state index in [4.69, 9.17) is 26.1 Å². The molecule has 5 aromatic rings. The fourth-order valence-corrected chi connectivity index (χ4v) is 6.68. The molecule has 6 rings (SSSR count). The lowest BCUT2D eigenvalue weighted by Gasteiger charge is -2.26. The van der Waals surface area contributed by atoms with E-state index in [0.717, 1.165) is 27.8 Å². The zero-order chi connectivity index (χ0) is 32.2. The van der Waals surface area contributed by atoms with Crippen LogP contribution in [0.3, 0.4) is 0 Å². The summed E-state index contributed by atoms with van der Waals surface area (Å²) in [6, 6.07) is 32.0. The number of fused-ring (bicyclic) bond motifs is 1. The van der Waals surface area contributed by atoms with E-state index in [-0.39, 0.29) is 12.2 Å². The molecule has 1 aromatic heterocycles. The van der Waals surface area contributed by atoms with Crippen LogP contribution in [0.4, 0.5) is 0 Å². The van der Waals surface area contributed by atoms with Crippen LogP contribution in [0.2, 0.25) is 5.02 Å². The van der Waals surface area contributed by atoms with Crippen molar-refractivity contribution in [1.29, 1.82) is 0 Å². The minimum Gasteiger partial charge on any atom is -0.488 e. The van der Waals surface area contributed by atoms with Gasteiger partial charge in [0.15, 0.2) is 4.80 Å². The summed E-state index contributed by atoms with van der Waals surface area (Å²) in [6.07, 6.45) is 1.83. The summed E-state index contributed by atoms with van der Waals surface area (Å²) < 4.78 is 13.9. The van der Waals surface area contributed by atoms with Crippen LogP contribution < -0.4 is 19.6 Å². The molecule has 8 heteroatoms. The smallest absolute Gasteiger partial charge is 0.338 e. The second-order valence-electron chi connectivity index (χ2n) is 11.2. The second-order valence-corrected chi connectivity index (χ2v) is 12.7. The van der Waals surface area contributed by atoms with E-state index < -0.39 is 12.0 Å². The first kappa shape index (κ1) is 31.3. The van der Waals surface area contributed by atoms with Crippen LogP contribution in [-0.2, 0) is 16.1 Å². The highest BCUT2D eigenvalue weighted by molar-refractivity contribution is 7.07. The number of benzene rings is 4. The standard InChI is InChI=1S/C38H33ClN2O4S/c1-4-44-37(43)33-34(27-12-6-5-7-13-27)40-38-41(35(33)28-19-17-26(18-20-28)24(2)3)36(42)32(46-38)22-29-14-8-9-16-31(29)45-23-25-11-10-15-30(39)21-25/h5-22,24,35H,4,23H2,1-3H3/b32-22-/t35-/m0/s1. The monoisotopic (exact) mass is 648 g/mol. The number of carbonyl (C=O) groups excluding carboxylic acids is 1. The van der Waals surface area contributed by atoms with E-state index in [1.165, 1.54) is 11.3 Å². The second kappa shape index (κ2) is 13.7. The van der Waals surface area contributed by atoms with E-state index in [2.05, 4.69) is 13.8 Å². The van der Waals surface area contributed by atoms with Crippen molar-refractivity contribution in [2.45, 2.75) is 39.3 Å². The van der Waals surface area contributed by atoms with Crippen molar-refractivity contribution < 1.29 is 14.3 Å². The van der Waals surface area contributed by atoms with Gasteiger partial charge in [-0.1, -0.05) is 122 Å². The van der Waals surface area contributed by atoms with Crippen molar-refractivity contribution in [3.8, 4) is 5.75 Å². The van der Waals surface area contributed by atoms with E-state index in [1.807, 2.05) is 109 Å². The molecule has 4 aromatic carbocycles. The Hall–Kier alpha value is -4.72. The van der Waals surface area contributed by atoms with Crippen molar-refractivity contribution in [2.24, 2.45) is 4.99 Å². The van der Waals surface area contributed by atoms with Crippen molar-refractivity contribution in [1.82, 2.24) is 4.57 Å². The Bertz CT molecular complexity index is 2100. The number of nitrogens with zero attached hydrogens (tertiary/aromatic N) is 2. The van der Waals surface area contributed by atoms with Crippen molar-refractivity contribution in [2.75, 3.05) is 6.61 Å². The van der Waals surface area contributed by atoms with Gasteiger partial charge in [-0.15, -0.1) is 0 Å². The Labute approximate surface area is 276 Å². The van der Waals surface area contributed by atoms with Gasteiger partial charge in [0.25, 0.3) is 5.56 Å². The molecule has 0 fully saturated rings. The number of para-hydroxylation sites is 1. The molecule has 0 spiro atoms. The quantitative estimate of drug-likeness (QED) is 0.157. The van der Waals surface area contributed by atoms with Gasteiger partial charge < -0.3 is 9.47 Å². The first-order chi connectivity index (χ1) is 22.3. The Morgan fingerprint density at radius 2 is 1.72 bits per heavy atom. The van der Waals surface area contributed by atoms with E-state index in [0.29, 0.717) is 43.9 Å². The molecule has 0 saturated carbocycles. The van der Waals surface area contributed by atoms with Gasteiger partial charge >= 0.3 is 5.97 Å². The summed E-state index contributed by atoms with van der Waals surface area (Å²) in [5.74, 6) is 0.459. The van der Waals surface area contributed by atoms with Crippen LogP contribution in [0, 0.1) is 0 Å². The topological polar surface area (TPSA) is 69.9 Å². The maximum atomic E-state index is 14.3. The van der Waals surface area contributed by atoms with Crippen LogP contribution in [0.5, 0.6) is 5.75 Å². The molecular formula is C38H33ClN2O4S. The molecule has 0 aliphatic carbocycles. The van der Waals surface area contributed by atoms with Crippen LogP contribution in [0.15, 0.2) is 118 Å². The summed E-state index contributed by atoms with van der Waals surface area (Å²) in [4.78, 5) is 33.5. The minimum atomic E-state index is -0.733. The number of halogens is 1. The lowest BCUT2D eigenvalue weighted by Crippen LogP contribution is -2.40. The molecule has 1 aliphatic heterocycles. The molecule has 0 N–H and O–H groups in total. The molecular weight excluding hydrogens is 616 g/mol. The molecule has 1 atom stereocenters. The van der Waals surface area contributed by atoms with Gasteiger partial charge in [-0.2, -0.15) is 0 Å². The van der Waals surface area contributed by atoms with Crippen LogP contribution in [-0.4, -0.2) is 17.1 Å². The Morgan fingerprint density at radius 1 is 0.978 bits per heavy atom. The number of thiazole rings is 1. The van der Waals surface area contributed by atoms with Gasteiger partial charge in [0.05, 0.1) is 28.5 Å². The fourth-order valence-electron chi connectivity index (χ4n) is 5.48. The molecule has 0 amide bonds. The van der Waals surface area contributed by atoms with Gasteiger partial charge in [0, 0.05) is 16.1 Å². The van der Waals surface area contributed by atoms with Crippen molar-refractivity contribution in [3.05, 3.63) is 161 Å². The number of aromatic nitrogens is 1. The number of esters is 1. The summed E-state index contributed by atoms with van der Waals surface area (Å²) in [6.45, 7) is 6.55. The van der Waals surface area contributed by atoms with Gasteiger partial charge in [-0.25, -0.2) is 9.79 Å². The van der Waals surface area contributed by atoms with Gasteiger partial charge in [0.1, 0.15) is 12.4 Å². The third-order valence-corrected chi connectivity index (χ3v) is 9.00. The van der Waals surface area contributed by atoms with Crippen molar-refractivity contribution in [3.63, 3.8) is 0 Å². The van der Waals surface area contributed by atoms with Gasteiger partial charge in [-0.05, 0) is 53.8 Å². The normalized spacial score (nSPS) is 14.6. The highest BCUT2D eigenvalue weighted by Gasteiger charge is 2.35. The third kappa shape index (κ3) is 6.48. The first-order valence-corrected chi connectivity index (χ1v) is 16.4. The first-order valence-electron chi connectivity index (χ1n) is 15.2. The Balaban J connectivity index is 1.52. The van der Waals surface area contributed by atoms with Crippen LogP contribution in [0.1, 0.15) is 60.5 Å². The van der Waals surface area contributed by atoms with Gasteiger partial charge in [0.2, 0.25) is 0 Å². The molecule has 0 radical (unpaired) electrons. The summed E-state index contributed by atoms with van der Waals surface area (Å²) in [5, 5.41) is 0.640. The number of hydrogen-bond acceptors (Lipinski definition) is 6. The van der Waals surface area contributed by atoms with Crippen molar-refractivity contribution >= 4 is 40.7 Å². The molecule has 6 nitrogen and oxygen atoms in total. The number of rotatable bonds is 9. The maximum absolute atomic E-state index is 14.3. The lowest BCUT2D eigenvalue weighted by atomic mass is 9.91. The highest BCUT2D eigenvalue weighted by atomic mass is 35.5. The largest absolute Gasteiger partial charge is 0.488 e. The fraction of sp³-hybridized carbons (Fsp3) is 0.184. The molecule has 0 bridgehead atoms. The molecule has 1 aliphatic rings. The number of carbonyl (C=O) groups is 1. The summed E-state index contributed by atoms with van der Waals surface area (Å²) in [5.41, 5.74) is 4.99.